The minimum atomic E-state index is 0.810. The zero-order valence-electron chi connectivity index (χ0n) is 10.1. The molecule has 0 bridgehead atoms. The summed E-state index contributed by atoms with van der Waals surface area (Å²) in [6.07, 6.45) is 2.09. The van der Waals surface area contributed by atoms with Gasteiger partial charge in [0.2, 0.25) is 0 Å². The fourth-order valence-electron chi connectivity index (χ4n) is 2.44. The van der Waals surface area contributed by atoms with Crippen LogP contribution in [0.25, 0.3) is 10.9 Å². The van der Waals surface area contributed by atoms with Gasteiger partial charge < -0.3 is 20.5 Å². The van der Waals surface area contributed by atoms with Crippen molar-refractivity contribution in [3.63, 3.8) is 0 Å². The van der Waals surface area contributed by atoms with E-state index in [1.807, 2.05) is 12.1 Å². The normalized spacial score (nSPS) is 17.8. The van der Waals surface area contributed by atoms with Gasteiger partial charge in [0.25, 0.3) is 0 Å². The second-order valence-electron chi connectivity index (χ2n) is 4.77. The summed E-state index contributed by atoms with van der Waals surface area (Å²) in [5, 5.41) is 1.27. The quantitative estimate of drug-likeness (QED) is 0.730. The molecule has 1 aliphatic rings. The molecule has 1 aromatic heterocycles. The van der Waals surface area contributed by atoms with Crippen LogP contribution < -0.4 is 10.6 Å². The fraction of sp³-hybridized carbons (Fsp3) is 0.385. The van der Waals surface area contributed by atoms with E-state index in [0.717, 1.165) is 37.4 Å². The number of fused-ring (bicyclic) bond motifs is 1. The Morgan fingerprint density at radius 3 is 2.71 bits per heavy atom. The first-order valence-corrected chi connectivity index (χ1v) is 6.04. The van der Waals surface area contributed by atoms with Crippen LogP contribution in [0.2, 0.25) is 0 Å². The number of nitrogens with two attached hydrogens (primary N) is 1. The molecule has 1 aromatic carbocycles. The van der Waals surface area contributed by atoms with Crippen molar-refractivity contribution in [3.05, 3.63) is 24.4 Å². The van der Waals surface area contributed by atoms with Gasteiger partial charge in [-0.2, -0.15) is 0 Å². The van der Waals surface area contributed by atoms with E-state index < -0.39 is 0 Å². The first-order chi connectivity index (χ1) is 8.24. The number of aromatic nitrogens is 1. The van der Waals surface area contributed by atoms with Crippen molar-refractivity contribution >= 4 is 22.3 Å². The third-order valence-corrected chi connectivity index (χ3v) is 3.53. The number of benzene rings is 1. The van der Waals surface area contributed by atoms with E-state index in [9.17, 15) is 0 Å². The molecule has 0 spiro atoms. The minimum Gasteiger partial charge on any atom is -0.399 e. The summed E-state index contributed by atoms with van der Waals surface area (Å²) < 4.78 is 0. The predicted octanol–water partition coefficient (Wildman–Crippen LogP) is 1.50. The first-order valence-electron chi connectivity index (χ1n) is 6.04. The maximum atomic E-state index is 5.79. The van der Waals surface area contributed by atoms with Gasteiger partial charge in [-0.05, 0) is 25.2 Å². The molecule has 1 aliphatic heterocycles. The third-order valence-electron chi connectivity index (χ3n) is 3.53. The van der Waals surface area contributed by atoms with Crippen molar-refractivity contribution in [2.24, 2.45) is 0 Å². The van der Waals surface area contributed by atoms with Gasteiger partial charge in [-0.15, -0.1) is 0 Å². The molecule has 2 aromatic rings. The highest BCUT2D eigenvalue weighted by atomic mass is 15.3. The molecule has 4 heteroatoms. The van der Waals surface area contributed by atoms with Crippen LogP contribution in [0.1, 0.15) is 0 Å². The van der Waals surface area contributed by atoms with Gasteiger partial charge in [0, 0.05) is 49.0 Å². The lowest BCUT2D eigenvalue weighted by molar-refractivity contribution is 0.313. The standard InChI is InChI=1S/C13H18N4/c1-16-4-6-17(7-5-16)13-9-15-12-8-10(14)2-3-11(12)13/h2-3,8-9,15H,4-7,14H2,1H3. The number of anilines is 2. The molecule has 0 radical (unpaired) electrons. The van der Waals surface area contributed by atoms with Gasteiger partial charge in [0.1, 0.15) is 0 Å². The second-order valence-corrected chi connectivity index (χ2v) is 4.77. The monoisotopic (exact) mass is 230 g/mol. The van der Waals surface area contributed by atoms with Gasteiger partial charge in [-0.1, -0.05) is 0 Å². The van der Waals surface area contributed by atoms with Crippen LogP contribution in [0.4, 0.5) is 11.4 Å². The number of hydrogen-bond acceptors (Lipinski definition) is 3. The largest absolute Gasteiger partial charge is 0.399 e. The molecule has 0 saturated carbocycles. The molecular formula is C13H18N4. The van der Waals surface area contributed by atoms with Crippen LogP contribution >= 0.6 is 0 Å². The smallest absolute Gasteiger partial charge is 0.0624 e. The Hall–Kier alpha value is -1.68. The lowest BCUT2D eigenvalue weighted by atomic mass is 10.2. The molecule has 0 atom stereocenters. The number of nitrogens with zero attached hydrogens (tertiary/aromatic N) is 2. The predicted molar refractivity (Wildman–Crippen MR) is 72.4 cm³/mol. The van der Waals surface area contributed by atoms with Crippen molar-refractivity contribution in [3.8, 4) is 0 Å². The highest BCUT2D eigenvalue weighted by Gasteiger charge is 2.16. The minimum absolute atomic E-state index is 0.810. The number of nitrogens with one attached hydrogen (secondary N) is 1. The van der Waals surface area contributed by atoms with Crippen LogP contribution in [-0.4, -0.2) is 43.1 Å². The van der Waals surface area contributed by atoms with Crippen molar-refractivity contribution in [1.29, 1.82) is 0 Å². The molecular weight excluding hydrogens is 212 g/mol. The Labute approximate surface area is 101 Å². The molecule has 1 fully saturated rings. The highest BCUT2D eigenvalue weighted by molar-refractivity contribution is 5.94. The van der Waals surface area contributed by atoms with Crippen LogP contribution in [-0.2, 0) is 0 Å². The number of likely N-dealkylation sites (N-methyl/N-ethyl adjacent to an activating group) is 1. The maximum Gasteiger partial charge on any atom is 0.0624 e. The fourth-order valence-corrected chi connectivity index (χ4v) is 2.44. The molecule has 1 saturated heterocycles. The molecule has 0 amide bonds. The van der Waals surface area contributed by atoms with Crippen LogP contribution in [0.3, 0.4) is 0 Å². The van der Waals surface area contributed by atoms with Crippen molar-refractivity contribution in [2.75, 3.05) is 43.9 Å². The van der Waals surface area contributed by atoms with Crippen LogP contribution in [0.15, 0.2) is 24.4 Å². The van der Waals surface area contributed by atoms with E-state index in [-0.39, 0.29) is 0 Å². The van der Waals surface area contributed by atoms with Crippen molar-refractivity contribution in [1.82, 2.24) is 9.88 Å². The Bertz CT molecular complexity index is 523. The molecule has 17 heavy (non-hydrogen) atoms. The number of hydrogen-bond donors (Lipinski definition) is 2. The molecule has 0 aliphatic carbocycles. The summed E-state index contributed by atoms with van der Waals surface area (Å²) in [4.78, 5) is 8.11. The third kappa shape index (κ3) is 1.85. The van der Waals surface area contributed by atoms with Crippen molar-refractivity contribution < 1.29 is 0 Å². The molecule has 0 unspecified atom stereocenters. The van der Waals surface area contributed by atoms with E-state index in [1.54, 1.807) is 0 Å². The van der Waals surface area contributed by atoms with Crippen LogP contribution in [0.5, 0.6) is 0 Å². The molecule has 3 rings (SSSR count). The average Bonchev–Trinajstić information content (AvgIpc) is 2.73. The summed E-state index contributed by atoms with van der Waals surface area (Å²) >= 11 is 0. The average molecular weight is 230 g/mol. The Kier molecular flexibility index (Phi) is 2.44. The van der Waals surface area contributed by atoms with Gasteiger partial charge in [0.15, 0.2) is 0 Å². The second kappa shape index (κ2) is 3.96. The van der Waals surface area contributed by atoms with Gasteiger partial charge in [-0.3, -0.25) is 0 Å². The summed E-state index contributed by atoms with van der Waals surface area (Å²) in [7, 11) is 2.17. The number of nitrogen functional groups attached to an aromatic ring is 1. The lowest BCUT2D eigenvalue weighted by Gasteiger charge is -2.33. The van der Waals surface area contributed by atoms with Crippen LogP contribution in [0, 0.1) is 0 Å². The Morgan fingerprint density at radius 2 is 1.94 bits per heavy atom. The van der Waals surface area contributed by atoms with Gasteiger partial charge >= 0.3 is 0 Å². The lowest BCUT2D eigenvalue weighted by Crippen LogP contribution is -2.44. The number of rotatable bonds is 1. The Morgan fingerprint density at radius 1 is 1.18 bits per heavy atom. The van der Waals surface area contributed by atoms with E-state index in [4.69, 9.17) is 5.73 Å². The molecule has 90 valence electrons. The Balaban J connectivity index is 1.95. The first kappa shape index (κ1) is 10.5. The van der Waals surface area contributed by atoms with E-state index in [0.29, 0.717) is 0 Å². The molecule has 2 heterocycles. The van der Waals surface area contributed by atoms with Crippen molar-refractivity contribution in [2.45, 2.75) is 0 Å². The summed E-state index contributed by atoms with van der Waals surface area (Å²) in [5.41, 5.74) is 9.02. The maximum absolute atomic E-state index is 5.79. The highest BCUT2D eigenvalue weighted by Crippen LogP contribution is 2.28. The zero-order chi connectivity index (χ0) is 11.8. The topological polar surface area (TPSA) is 48.3 Å². The van der Waals surface area contributed by atoms with Gasteiger partial charge in [-0.25, -0.2) is 0 Å². The summed E-state index contributed by atoms with van der Waals surface area (Å²) in [5.74, 6) is 0. The number of piperazine rings is 1. The SMILES string of the molecule is CN1CCN(c2c[nH]c3cc(N)ccc23)CC1. The number of H-pyrrole nitrogens is 1. The molecule has 4 nitrogen and oxygen atoms in total. The van der Waals surface area contributed by atoms with E-state index in [1.165, 1.54) is 11.1 Å². The summed E-state index contributed by atoms with van der Waals surface area (Å²) in [6, 6.07) is 6.07. The zero-order valence-corrected chi connectivity index (χ0v) is 10.1. The summed E-state index contributed by atoms with van der Waals surface area (Å²) in [6.45, 7) is 4.44. The van der Waals surface area contributed by atoms with Gasteiger partial charge in [0.05, 0.1) is 5.69 Å². The molecule has 3 N–H and O–H groups in total. The van der Waals surface area contributed by atoms with E-state index >= 15 is 0 Å². The van der Waals surface area contributed by atoms with E-state index in [2.05, 4.69) is 34.1 Å². The number of aromatic amines is 1.